The largest absolute Gasteiger partial charge is 0.266 e. The maximum Gasteiger partial charge on any atom is 0.250 e. The van der Waals surface area contributed by atoms with Gasteiger partial charge in [0.2, 0.25) is 5.92 Å². The van der Waals surface area contributed by atoms with Crippen molar-refractivity contribution in [2.75, 3.05) is 0 Å². The Balaban J connectivity index is 2.28. The smallest absolute Gasteiger partial charge is 0.250 e. The summed E-state index contributed by atoms with van der Waals surface area (Å²) in [5, 5.41) is 4.46. The van der Waals surface area contributed by atoms with Crippen molar-refractivity contribution in [2.24, 2.45) is 0 Å². The lowest BCUT2D eigenvalue weighted by atomic mass is 9.98. The van der Waals surface area contributed by atoms with E-state index in [9.17, 15) is 8.78 Å². The van der Waals surface area contributed by atoms with Gasteiger partial charge in [-0.25, -0.2) is 8.78 Å². The molecule has 4 heteroatoms. The van der Waals surface area contributed by atoms with E-state index >= 15 is 0 Å². The second kappa shape index (κ2) is 4.98. The van der Waals surface area contributed by atoms with E-state index in [1.165, 1.54) is 0 Å². The first-order chi connectivity index (χ1) is 8.46. The predicted molar refractivity (Wildman–Crippen MR) is 68.1 cm³/mol. The first-order valence-electron chi connectivity index (χ1n) is 6.90. The third-order valence-electron chi connectivity index (χ3n) is 4.01. The van der Waals surface area contributed by atoms with Gasteiger partial charge >= 0.3 is 0 Å². The highest BCUT2D eigenvalue weighted by atomic mass is 19.3. The number of aromatic nitrogens is 2. The van der Waals surface area contributed by atoms with Crippen LogP contribution in [0.5, 0.6) is 0 Å². The van der Waals surface area contributed by atoms with Gasteiger partial charge in [-0.2, -0.15) is 5.10 Å². The Hall–Kier alpha value is -0.930. The lowest BCUT2D eigenvalue weighted by Gasteiger charge is -2.19. The highest BCUT2D eigenvalue weighted by Gasteiger charge is 2.41. The van der Waals surface area contributed by atoms with Gasteiger partial charge in [0.05, 0.1) is 11.7 Å². The Kier molecular flexibility index (Phi) is 3.74. The fourth-order valence-electron chi connectivity index (χ4n) is 2.98. The normalized spacial score (nSPS) is 22.9. The zero-order valence-corrected chi connectivity index (χ0v) is 11.4. The maximum atomic E-state index is 13.3. The molecule has 0 amide bonds. The first kappa shape index (κ1) is 13.5. The summed E-state index contributed by atoms with van der Waals surface area (Å²) in [6, 6.07) is 1.94. The molecular weight excluding hydrogens is 234 g/mol. The molecule has 1 unspecified atom stereocenters. The van der Waals surface area contributed by atoms with Gasteiger partial charge in [0, 0.05) is 24.5 Å². The number of alkyl halides is 2. The molecule has 0 aromatic carbocycles. The quantitative estimate of drug-likeness (QED) is 0.778. The molecule has 1 fully saturated rings. The molecule has 1 aromatic rings. The van der Waals surface area contributed by atoms with Gasteiger partial charge in [0.25, 0.3) is 0 Å². The van der Waals surface area contributed by atoms with E-state index in [-0.39, 0.29) is 18.9 Å². The van der Waals surface area contributed by atoms with Crippen LogP contribution in [-0.4, -0.2) is 15.7 Å². The second-order valence-electron chi connectivity index (χ2n) is 5.42. The monoisotopic (exact) mass is 256 g/mol. The van der Waals surface area contributed by atoms with Crippen LogP contribution >= 0.6 is 0 Å². The van der Waals surface area contributed by atoms with Crippen LogP contribution in [0.25, 0.3) is 0 Å². The van der Waals surface area contributed by atoms with Crippen molar-refractivity contribution in [1.29, 1.82) is 0 Å². The average Bonchev–Trinajstić information content (AvgIpc) is 2.84. The van der Waals surface area contributed by atoms with Crippen LogP contribution in [0.3, 0.4) is 0 Å². The lowest BCUT2D eigenvalue weighted by molar-refractivity contribution is 0.00503. The minimum absolute atomic E-state index is 0.00106. The summed E-state index contributed by atoms with van der Waals surface area (Å²) in [4.78, 5) is 0. The van der Waals surface area contributed by atoms with Crippen molar-refractivity contribution < 1.29 is 8.78 Å². The predicted octanol–water partition coefficient (Wildman–Crippen LogP) is 4.46. The molecule has 1 atom stereocenters. The molecule has 1 aliphatic rings. The summed E-state index contributed by atoms with van der Waals surface area (Å²) in [6.45, 7) is 6.23. The van der Waals surface area contributed by atoms with E-state index in [1.807, 2.05) is 11.6 Å². The van der Waals surface area contributed by atoms with Gasteiger partial charge in [-0.3, -0.25) is 4.68 Å². The summed E-state index contributed by atoms with van der Waals surface area (Å²) in [5.41, 5.74) is 2.08. The van der Waals surface area contributed by atoms with Crippen molar-refractivity contribution in [2.45, 2.75) is 70.8 Å². The number of halogens is 2. The Morgan fingerprint density at radius 2 is 2.11 bits per heavy atom. The Morgan fingerprint density at radius 1 is 1.44 bits per heavy atom. The summed E-state index contributed by atoms with van der Waals surface area (Å²) < 4.78 is 28.6. The Labute approximate surface area is 107 Å². The van der Waals surface area contributed by atoms with Gasteiger partial charge in [-0.05, 0) is 32.3 Å². The van der Waals surface area contributed by atoms with E-state index in [0.29, 0.717) is 12.3 Å². The number of rotatable bonds is 4. The third kappa shape index (κ3) is 2.57. The molecule has 0 radical (unpaired) electrons. The second-order valence-corrected chi connectivity index (χ2v) is 5.42. The van der Waals surface area contributed by atoms with Crippen molar-refractivity contribution in [3.63, 3.8) is 0 Å². The topological polar surface area (TPSA) is 17.8 Å². The van der Waals surface area contributed by atoms with Crippen LogP contribution < -0.4 is 0 Å². The number of nitrogens with zero attached hydrogens (tertiary/aromatic N) is 2. The van der Waals surface area contributed by atoms with E-state index in [1.54, 1.807) is 0 Å². The summed E-state index contributed by atoms with van der Waals surface area (Å²) >= 11 is 0. The molecule has 18 heavy (non-hydrogen) atoms. The molecular formula is C14H22F2N2. The van der Waals surface area contributed by atoms with Crippen LogP contribution in [0.15, 0.2) is 6.07 Å². The number of aryl methyl sites for hydroxylation is 1. The van der Waals surface area contributed by atoms with Crippen LogP contribution in [-0.2, 0) is 0 Å². The fourth-order valence-corrected chi connectivity index (χ4v) is 2.98. The molecule has 102 valence electrons. The average molecular weight is 256 g/mol. The molecule has 1 heterocycles. The van der Waals surface area contributed by atoms with Crippen molar-refractivity contribution in [3.8, 4) is 0 Å². The third-order valence-corrected chi connectivity index (χ3v) is 4.01. The van der Waals surface area contributed by atoms with Crippen LogP contribution in [0.2, 0.25) is 0 Å². The zero-order chi connectivity index (χ0) is 13.3. The van der Waals surface area contributed by atoms with Gasteiger partial charge in [0.15, 0.2) is 0 Å². The molecule has 0 spiro atoms. The SMILES string of the molecule is CCC(CC)c1cc(C)nn1C1CCC(F)(F)C1. The van der Waals surface area contributed by atoms with Crippen molar-refractivity contribution in [1.82, 2.24) is 9.78 Å². The van der Waals surface area contributed by atoms with Crippen LogP contribution in [0.4, 0.5) is 8.78 Å². The molecule has 0 saturated heterocycles. The van der Waals surface area contributed by atoms with Crippen molar-refractivity contribution >= 4 is 0 Å². The molecule has 2 nitrogen and oxygen atoms in total. The molecule has 2 rings (SSSR count). The highest BCUT2D eigenvalue weighted by molar-refractivity contribution is 5.15. The zero-order valence-electron chi connectivity index (χ0n) is 11.4. The minimum Gasteiger partial charge on any atom is -0.266 e. The fraction of sp³-hybridized carbons (Fsp3) is 0.786. The Bertz CT molecular complexity index is 408. The minimum atomic E-state index is -2.50. The summed E-state index contributed by atoms with van der Waals surface area (Å²) in [6.07, 6.45) is 2.55. The molecule has 1 saturated carbocycles. The Morgan fingerprint density at radius 3 is 2.61 bits per heavy atom. The van der Waals surface area contributed by atoms with Gasteiger partial charge in [-0.15, -0.1) is 0 Å². The molecule has 1 aromatic heterocycles. The number of hydrogen-bond acceptors (Lipinski definition) is 1. The lowest BCUT2D eigenvalue weighted by Crippen LogP contribution is -2.16. The molecule has 0 aliphatic heterocycles. The summed E-state index contributed by atoms with van der Waals surface area (Å²) in [5.74, 6) is -2.07. The molecule has 1 aliphatic carbocycles. The van der Waals surface area contributed by atoms with E-state index in [0.717, 1.165) is 24.2 Å². The van der Waals surface area contributed by atoms with Gasteiger partial charge in [-0.1, -0.05) is 13.8 Å². The molecule has 0 bridgehead atoms. The summed E-state index contributed by atoms with van der Waals surface area (Å²) in [7, 11) is 0. The van der Waals surface area contributed by atoms with Crippen molar-refractivity contribution in [3.05, 3.63) is 17.5 Å². The van der Waals surface area contributed by atoms with E-state index in [2.05, 4.69) is 25.0 Å². The standard InChI is InChI=1S/C14H22F2N2/c1-4-11(5-2)13-8-10(3)17-18(13)12-6-7-14(15,16)9-12/h8,11-12H,4-7,9H2,1-3H3. The highest BCUT2D eigenvalue weighted by Crippen LogP contribution is 2.42. The van der Waals surface area contributed by atoms with Crippen LogP contribution in [0, 0.1) is 6.92 Å². The maximum absolute atomic E-state index is 13.3. The van der Waals surface area contributed by atoms with Gasteiger partial charge < -0.3 is 0 Å². The van der Waals surface area contributed by atoms with E-state index in [4.69, 9.17) is 0 Å². The first-order valence-corrected chi connectivity index (χ1v) is 6.90. The van der Waals surface area contributed by atoms with Crippen LogP contribution in [0.1, 0.15) is 69.3 Å². The van der Waals surface area contributed by atoms with Gasteiger partial charge in [0.1, 0.15) is 0 Å². The molecule has 0 N–H and O–H groups in total. The number of hydrogen-bond donors (Lipinski definition) is 0. The van der Waals surface area contributed by atoms with E-state index < -0.39 is 5.92 Å².